The van der Waals surface area contributed by atoms with Crippen molar-refractivity contribution in [3.8, 4) is 5.69 Å². The third-order valence-corrected chi connectivity index (χ3v) is 3.67. The van der Waals surface area contributed by atoms with E-state index in [4.69, 9.17) is 11.6 Å². The Hall–Kier alpha value is -0.690. The van der Waals surface area contributed by atoms with Gasteiger partial charge in [-0.1, -0.05) is 17.7 Å². The van der Waals surface area contributed by atoms with Crippen molar-refractivity contribution in [1.29, 1.82) is 0 Å². The lowest BCUT2D eigenvalue weighted by Gasteiger charge is -2.09. The van der Waals surface area contributed by atoms with Gasteiger partial charge in [0.15, 0.2) is 5.82 Å². The lowest BCUT2D eigenvalue weighted by Crippen LogP contribution is -2.02. The second-order valence-corrected chi connectivity index (χ2v) is 4.57. The number of hydrogen-bond acceptors (Lipinski definition) is 1. The molecule has 6 heteroatoms. The summed E-state index contributed by atoms with van der Waals surface area (Å²) in [6.07, 6.45) is 0.181. The highest BCUT2D eigenvalue weighted by molar-refractivity contribution is 14.1. The molecule has 0 fully saturated rings. The van der Waals surface area contributed by atoms with Gasteiger partial charge in [0.1, 0.15) is 0 Å². The van der Waals surface area contributed by atoms with Crippen LogP contribution in [0.15, 0.2) is 30.6 Å². The molecule has 0 saturated carbocycles. The van der Waals surface area contributed by atoms with E-state index in [-0.39, 0.29) is 5.82 Å². The average molecular weight is 355 g/mol. The van der Waals surface area contributed by atoms with Crippen molar-refractivity contribution in [3.05, 3.63) is 45.0 Å². The summed E-state index contributed by atoms with van der Waals surface area (Å²) in [5.41, 5.74) is 0.515. The van der Waals surface area contributed by atoms with Gasteiger partial charge in [0.2, 0.25) is 0 Å². The Labute approximate surface area is 109 Å². The van der Waals surface area contributed by atoms with Gasteiger partial charge in [0.05, 0.1) is 10.7 Å². The van der Waals surface area contributed by atoms with E-state index in [9.17, 15) is 8.78 Å². The molecule has 0 aliphatic heterocycles. The second kappa shape index (κ2) is 4.67. The number of rotatable bonds is 2. The van der Waals surface area contributed by atoms with Gasteiger partial charge in [-0.2, -0.15) is 0 Å². The van der Waals surface area contributed by atoms with Crippen LogP contribution in [0.25, 0.3) is 5.69 Å². The maximum absolute atomic E-state index is 12.7. The van der Waals surface area contributed by atoms with Crippen molar-refractivity contribution in [2.45, 2.75) is 6.43 Å². The molecule has 2 rings (SSSR count). The van der Waals surface area contributed by atoms with Gasteiger partial charge in [-0.25, -0.2) is 13.8 Å². The maximum Gasteiger partial charge on any atom is 0.295 e. The van der Waals surface area contributed by atoms with Crippen molar-refractivity contribution < 1.29 is 8.78 Å². The second-order valence-electron chi connectivity index (χ2n) is 3.03. The summed E-state index contributed by atoms with van der Waals surface area (Å²) >= 11 is 8.11. The first-order valence-electron chi connectivity index (χ1n) is 4.37. The smallest absolute Gasteiger partial charge is 0.295 e. The van der Waals surface area contributed by atoms with Crippen molar-refractivity contribution >= 4 is 34.2 Å². The van der Waals surface area contributed by atoms with E-state index in [2.05, 4.69) is 27.6 Å². The zero-order valence-corrected chi connectivity index (χ0v) is 10.8. The van der Waals surface area contributed by atoms with Crippen LogP contribution in [0.5, 0.6) is 0 Å². The zero-order chi connectivity index (χ0) is 11.7. The number of hydrogen-bond donors (Lipinski definition) is 0. The van der Waals surface area contributed by atoms with Crippen LogP contribution in [0.1, 0.15) is 12.2 Å². The lowest BCUT2D eigenvalue weighted by molar-refractivity contribution is 0.138. The molecule has 0 bridgehead atoms. The first-order chi connectivity index (χ1) is 7.61. The highest BCUT2D eigenvalue weighted by atomic mass is 127. The predicted octanol–water partition coefficient (Wildman–Crippen LogP) is 4.07. The standard InChI is InChI=1S/C10H6ClF2IN2/c11-8-6(14)2-1-3-7(8)16-5-4-15-10(16)9(12)13/h1-5,9H. The predicted molar refractivity (Wildman–Crippen MR) is 66.2 cm³/mol. The Morgan fingerprint density at radius 2 is 2.12 bits per heavy atom. The summed E-state index contributed by atoms with van der Waals surface area (Å²) in [4.78, 5) is 3.61. The molecule has 84 valence electrons. The quantitative estimate of drug-likeness (QED) is 0.744. The monoisotopic (exact) mass is 354 g/mol. The van der Waals surface area contributed by atoms with E-state index in [1.54, 1.807) is 12.1 Å². The fourth-order valence-corrected chi connectivity index (χ4v) is 2.06. The topological polar surface area (TPSA) is 17.8 Å². The first-order valence-corrected chi connectivity index (χ1v) is 5.82. The van der Waals surface area contributed by atoms with Crippen LogP contribution in [0.4, 0.5) is 8.78 Å². The number of alkyl halides is 2. The number of aromatic nitrogens is 2. The minimum atomic E-state index is -2.62. The van der Waals surface area contributed by atoms with Crippen LogP contribution in [-0.2, 0) is 0 Å². The lowest BCUT2D eigenvalue weighted by atomic mass is 10.3. The van der Waals surface area contributed by atoms with E-state index in [1.807, 2.05) is 6.07 Å². The first kappa shape index (κ1) is 11.8. The van der Waals surface area contributed by atoms with Crippen LogP contribution < -0.4 is 0 Å². The van der Waals surface area contributed by atoms with Gasteiger partial charge >= 0.3 is 0 Å². The Bertz CT molecular complexity index is 513. The van der Waals surface area contributed by atoms with Crippen molar-refractivity contribution in [1.82, 2.24) is 9.55 Å². The molecule has 0 atom stereocenters. The summed E-state index contributed by atoms with van der Waals surface area (Å²) in [6, 6.07) is 5.25. The molecule has 16 heavy (non-hydrogen) atoms. The van der Waals surface area contributed by atoms with Crippen LogP contribution >= 0.6 is 34.2 Å². The molecular weight excluding hydrogens is 348 g/mol. The van der Waals surface area contributed by atoms with E-state index in [0.717, 1.165) is 3.57 Å². The molecule has 0 amide bonds. The van der Waals surface area contributed by atoms with Crippen molar-refractivity contribution in [2.24, 2.45) is 0 Å². The molecule has 0 aliphatic carbocycles. The largest absolute Gasteiger partial charge is 0.297 e. The van der Waals surface area contributed by atoms with Crippen LogP contribution in [0.2, 0.25) is 5.02 Å². The van der Waals surface area contributed by atoms with Gasteiger partial charge in [0, 0.05) is 16.0 Å². The molecule has 1 aromatic heterocycles. The summed E-state index contributed by atoms with van der Waals surface area (Å²) < 4.78 is 27.4. The maximum atomic E-state index is 12.7. The fourth-order valence-electron chi connectivity index (χ4n) is 1.36. The molecule has 0 aliphatic rings. The number of benzene rings is 1. The summed E-state index contributed by atoms with van der Waals surface area (Å²) in [6.45, 7) is 0. The molecule has 0 unspecified atom stereocenters. The molecule has 0 radical (unpaired) electrons. The number of nitrogens with zero attached hydrogens (tertiary/aromatic N) is 2. The van der Waals surface area contributed by atoms with Crippen LogP contribution in [0.3, 0.4) is 0 Å². The Morgan fingerprint density at radius 3 is 2.81 bits per heavy atom. The minimum Gasteiger partial charge on any atom is -0.297 e. The summed E-state index contributed by atoms with van der Waals surface area (Å²) in [5, 5.41) is 0.447. The van der Waals surface area contributed by atoms with Gasteiger partial charge in [-0.05, 0) is 34.7 Å². The Balaban J connectivity index is 2.59. The molecule has 0 saturated heterocycles. The summed E-state index contributed by atoms with van der Waals surface area (Å²) in [5.74, 6) is -0.302. The molecule has 1 aromatic carbocycles. The third-order valence-electron chi connectivity index (χ3n) is 2.06. The van der Waals surface area contributed by atoms with E-state index < -0.39 is 6.43 Å². The highest BCUT2D eigenvalue weighted by Crippen LogP contribution is 2.28. The molecular formula is C10H6ClF2IN2. The van der Waals surface area contributed by atoms with E-state index >= 15 is 0 Å². The normalized spacial score (nSPS) is 11.1. The zero-order valence-electron chi connectivity index (χ0n) is 7.87. The molecule has 2 nitrogen and oxygen atoms in total. The van der Waals surface area contributed by atoms with E-state index in [1.165, 1.54) is 17.0 Å². The minimum absolute atomic E-state index is 0.302. The van der Waals surface area contributed by atoms with Gasteiger partial charge < -0.3 is 0 Å². The highest BCUT2D eigenvalue weighted by Gasteiger charge is 2.17. The summed E-state index contributed by atoms with van der Waals surface area (Å²) in [7, 11) is 0. The number of imidazole rings is 1. The Kier molecular flexibility index (Phi) is 3.44. The van der Waals surface area contributed by atoms with Crippen LogP contribution in [0, 0.1) is 3.57 Å². The fraction of sp³-hybridized carbons (Fsp3) is 0.100. The van der Waals surface area contributed by atoms with Gasteiger partial charge in [-0.3, -0.25) is 4.57 Å². The van der Waals surface area contributed by atoms with Gasteiger partial charge in [0.25, 0.3) is 6.43 Å². The van der Waals surface area contributed by atoms with Crippen molar-refractivity contribution in [3.63, 3.8) is 0 Å². The molecule has 0 N–H and O–H groups in total. The molecule has 0 spiro atoms. The molecule has 2 aromatic rings. The van der Waals surface area contributed by atoms with Crippen LogP contribution in [-0.4, -0.2) is 9.55 Å². The van der Waals surface area contributed by atoms with E-state index in [0.29, 0.717) is 10.7 Å². The Morgan fingerprint density at radius 1 is 1.38 bits per heavy atom. The number of halogens is 4. The molecule has 1 heterocycles. The third kappa shape index (κ3) is 2.06. The SMILES string of the molecule is FC(F)c1nccn1-c1cccc(I)c1Cl. The average Bonchev–Trinajstić information content (AvgIpc) is 2.70. The van der Waals surface area contributed by atoms with Gasteiger partial charge in [-0.15, -0.1) is 0 Å². The van der Waals surface area contributed by atoms with Crippen molar-refractivity contribution in [2.75, 3.05) is 0 Å².